The third-order valence-corrected chi connectivity index (χ3v) is 4.44. The quantitative estimate of drug-likeness (QED) is 0.835. The van der Waals surface area contributed by atoms with Gasteiger partial charge in [-0.3, -0.25) is 0 Å². The zero-order valence-electron chi connectivity index (χ0n) is 10.3. The van der Waals surface area contributed by atoms with E-state index >= 15 is 0 Å². The molecule has 0 aliphatic heterocycles. The molecule has 0 aliphatic carbocycles. The predicted molar refractivity (Wildman–Crippen MR) is 76.9 cm³/mol. The first-order chi connectivity index (χ1) is 9.34. The minimum Gasteiger partial charge on any atom is -0.392 e. The Labute approximate surface area is 127 Å². The molecule has 1 nitrogen and oxygen atoms in total. The molecule has 0 spiro atoms. The van der Waals surface area contributed by atoms with Crippen molar-refractivity contribution in [1.82, 2.24) is 0 Å². The van der Waals surface area contributed by atoms with Gasteiger partial charge in [-0.05, 0) is 46.1 Å². The van der Waals surface area contributed by atoms with Crippen LogP contribution in [0.1, 0.15) is 16.0 Å². The number of halogens is 4. The van der Waals surface area contributed by atoms with Crippen LogP contribution >= 0.6 is 27.3 Å². The lowest BCUT2D eigenvalue weighted by Crippen LogP contribution is -2.14. The second kappa shape index (κ2) is 6.28. The summed E-state index contributed by atoms with van der Waals surface area (Å²) in [5, 5.41) is 9.97. The molecule has 1 unspecified atom stereocenters. The summed E-state index contributed by atoms with van der Waals surface area (Å²) in [4.78, 5) is 0.997. The third-order valence-electron chi connectivity index (χ3n) is 2.79. The van der Waals surface area contributed by atoms with Crippen LogP contribution in [0.3, 0.4) is 0 Å². The van der Waals surface area contributed by atoms with Crippen LogP contribution in [0.4, 0.5) is 13.2 Å². The van der Waals surface area contributed by atoms with Gasteiger partial charge in [0.1, 0.15) is 0 Å². The summed E-state index contributed by atoms with van der Waals surface area (Å²) in [5.74, 6) is 0. The van der Waals surface area contributed by atoms with E-state index in [4.69, 9.17) is 0 Å². The summed E-state index contributed by atoms with van der Waals surface area (Å²) in [6.07, 6.45) is -4.39. The lowest BCUT2D eigenvalue weighted by atomic mass is 10.0. The molecule has 6 heteroatoms. The molecule has 0 aliphatic rings. The fourth-order valence-electron chi connectivity index (χ4n) is 1.91. The third kappa shape index (κ3) is 4.33. The molecule has 1 atom stereocenters. The highest BCUT2D eigenvalue weighted by Crippen LogP contribution is 2.30. The van der Waals surface area contributed by atoms with Crippen LogP contribution in [0.5, 0.6) is 0 Å². The van der Waals surface area contributed by atoms with Crippen LogP contribution in [0.2, 0.25) is 0 Å². The Kier molecular flexibility index (Phi) is 4.88. The van der Waals surface area contributed by atoms with Gasteiger partial charge in [0, 0.05) is 11.3 Å². The fraction of sp³-hybridized carbons (Fsp3) is 0.286. The molecule has 2 aromatic rings. The standard InChI is InChI=1S/C14H12BrF3OS/c15-13-5-4-12(20-13)8-11(19)7-9-2-1-3-10(6-9)14(16,17)18/h1-6,11,19H,7-8H2. The summed E-state index contributed by atoms with van der Waals surface area (Å²) in [6.45, 7) is 0. The van der Waals surface area contributed by atoms with E-state index in [0.717, 1.165) is 20.8 Å². The van der Waals surface area contributed by atoms with Crippen LogP contribution in [-0.4, -0.2) is 11.2 Å². The van der Waals surface area contributed by atoms with Crippen molar-refractivity contribution < 1.29 is 18.3 Å². The largest absolute Gasteiger partial charge is 0.416 e. The van der Waals surface area contributed by atoms with Crippen molar-refractivity contribution in [2.75, 3.05) is 0 Å². The topological polar surface area (TPSA) is 20.2 Å². The van der Waals surface area contributed by atoms with Crippen molar-refractivity contribution in [3.8, 4) is 0 Å². The zero-order chi connectivity index (χ0) is 14.8. The second-order valence-corrected chi connectivity index (χ2v) is 7.01. The van der Waals surface area contributed by atoms with E-state index in [9.17, 15) is 18.3 Å². The highest BCUT2D eigenvalue weighted by molar-refractivity contribution is 9.11. The van der Waals surface area contributed by atoms with Crippen LogP contribution in [0.15, 0.2) is 40.2 Å². The van der Waals surface area contributed by atoms with Crippen molar-refractivity contribution >= 4 is 27.3 Å². The normalized spacial score (nSPS) is 13.4. The van der Waals surface area contributed by atoms with Crippen molar-refractivity contribution in [3.05, 3.63) is 56.2 Å². The molecule has 1 aromatic carbocycles. The predicted octanol–water partition coefficient (Wildman–Crippen LogP) is 4.68. The molecule has 0 saturated carbocycles. The Morgan fingerprint density at radius 2 is 1.90 bits per heavy atom. The molecule has 0 amide bonds. The minimum atomic E-state index is -4.35. The summed E-state index contributed by atoms with van der Waals surface area (Å²) in [6, 6.07) is 8.87. The van der Waals surface area contributed by atoms with Gasteiger partial charge in [0.15, 0.2) is 0 Å². The first kappa shape index (κ1) is 15.5. The maximum absolute atomic E-state index is 12.6. The average Bonchev–Trinajstić information content (AvgIpc) is 2.73. The molecule has 2 rings (SSSR count). The van der Waals surface area contributed by atoms with E-state index in [1.165, 1.54) is 17.4 Å². The molecule has 0 saturated heterocycles. The van der Waals surface area contributed by atoms with Gasteiger partial charge in [-0.1, -0.05) is 18.2 Å². The van der Waals surface area contributed by atoms with E-state index < -0.39 is 17.8 Å². The Hall–Kier alpha value is -0.850. The minimum absolute atomic E-state index is 0.208. The second-order valence-electron chi connectivity index (χ2n) is 4.47. The lowest BCUT2D eigenvalue weighted by Gasteiger charge is -2.12. The Morgan fingerprint density at radius 1 is 1.15 bits per heavy atom. The summed E-state index contributed by atoms with van der Waals surface area (Å²) in [5.41, 5.74) is -0.191. The highest BCUT2D eigenvalue weighted by atomic mass is 79.9. The number of benzene rings is 1. The Balaban J connectivity index is 2.02. The van der Waals surface area contributed by atoms with Gasteiger partial charge in [0.25, 0.3) is 0 Å². The van der Waals surface area contributed by atoms with E-state index in [0.29, 0.717) is 12.0 Å². The fourth-order valence-corrected chi connectivity index (χ4v) is 3.47. The average molecular weight is 365 g/mol. The van der Waals surface area contributed by atoms with Gasteiger partial charge < -0.3 is 5.11 Å². The van der Waals surface area contributed by atoms with Gasteiger partial charge in [0.2, 0.25) is 0 Å². The smallest absolute Gasteiger partial charge is 0.392 e. The Morgan fingerprint density at radius 3 is 2.50 bits per heavy atom. The summed E-state index contributed by atoms with van der Waals surface area (Å²) < 4.78 is 38.7. The van der Waals surface area contributed by atoms with E-state index in [1.807, 2.05) is 12.1 Å². The molecule has 20 heavy (non-hydrogen) atoms. The summed E-state index contributed by atoms with van der Waals surface area (Å²) in [7, 11) is 0. The molecule has 0 fully saturated rings. The molecule has 0 bridgehead atoms. The monoisotopic (exact) mass is 364 g/mol. The van der Waals surface area contributed by atoms with Gasteiger partial charge in [0.05, 0.1) is 15.5 Å². The van der Waals surface area contributed by atoms with Gasteiger partial charge >= 0.3 is 6.18 Å². The first-order valence-corrected chi connectivity index (χ1v) is 7.54. The molecule has 1 heterocycles. The Bertz CT molecular complexity index is 580. The van der Waals surface area contributed by atoms with Crippen LogP contribution < -0.4 is 0 Å². The lowest BCUT2D eigenvalue weighted by molar-refractivity contribution is -0.137. The summed E-state index contributed by atoms with van der Waals surface area (Å²) >= 11 is 4.84. The molecule has 1 N–H and O–H groups in total. The van der Waals surface area contributed by atoms with Gasteiger partial charge in [-0.2, -0.15) is 13.2 Å². The molecular formula is C14H12BrF3OS. The molecule has 0 radical (unpaired) electrons. The highest BCUT2D eigenvalue weighted by Gasteiger charge is 2.30. The van der Waals surface area contributed by atoms with Crippen LogP contribution in [-0.2, 0) is 19.0 Å². The van der Waals surface area contributed by atoms with Crippen LogP contribution in [0.25, 0.3) is 0 Å². The number of thiophene rings is 1. The SMILES string of the molecule is OC(Cc1cccc(C(F)(F)F)c1)Cc1ccc(Br)s1. The number of hydrogen-bond donors (Lipinski definition) is 1. The molecular weight excluding hydrogens is 353 g/mol. The van der Waals surface area contributed by atoms with Crippen LogP contribution in [0, 0.1) is 0 Å². The van der Waals surface area contributed by atoms with E-state index in [-0.39, 0.29) is 6.42 Å². The zero-order valence-corrected chi connectivity index (χ0v) is 12.7. The number of aliphatic hydroxyl groups excluding tert-OH is 1. The number of hydrogen-bond acceptors (Lipinski definition) is 2. The number of alkyl halides is 3. The molecule has 108 valence electrons. The van der Waals surface area contributed by atoms with Crippen molar-refractivity contribution in [1.29, 1.82) is 0 Å². The maximum Gasteiger partial charge on any atom is 0.416 e. The number of aliphatic hydroxyl groups is 1. The van der Waals surface area contributed by atoms with Gasteiger partial charge in [-0.15, -0.1) is 11.3 Å². The van der Waals surface area contributed by atoms with E-state index in [1.54, 1.807) is 6.07 Å². The van der Waals surface area contributed by atoms with Crippen molar-refractivity contribution in [2.45, 2.75) is 25.1 Å². The number of rotatable bonds is 4. The molecule has 1 aromatic heterocycles. The van der Waals surface area contributed by atoms with E-state index in [2.05, 4.69) is 15.9 Å². The first-order valence-electron chi connectivity index (χ1n) is 5.93. The maximum atomic E-state index is 12.6. The van der Waals surface area contributed by atoms with Crippen molar-refractivity contribution in [3.63, 3.8) is 0 Å². The van der Waals surface area contributed by atoms with Gasteiger partial charge in [-0.25, -0.2) is 0 Å². The van der Waals surface area contributed by atoms with Crippen molar-refractivity contribution in [2.24, 2.45) is 0 Å².